The zero-order chi connectivity index (χ0) is 27.6. The third-order valence-corrected chi connectivity index (χ3v) is 7.39. The van der Waals surface area contributed by atoms with E-state index in [2.05, 4.69) is 5.32 Å². The predicted octanol–water partition coefficient (Wildman–Crippen LogP) is 3.58. The molecule has 0 aliphatic carbocycles. The summed E-state index contributed by atoms with van der Waals surface area (Å²) in [4.78, 5) is 27.8. The fourth-order valence-corrected chi connectivity index (χ4v) is 4.69. The molecule has 0 aliphatic heterocycles. The number of ether oxygens (including phenoxy) is 2. The molecule has 0 heterocycles. The van der Waals surface area contributed by atoms with Crippen molar-refractivity contribution >= 4 is 27.5 Å². The van der Waals surface area contributed by atoms with E-state index in [0.717, 1.165) is 18.2 Å². The molecule has 2 amide bonds. The van der Waals surface area contributed by atoms with Crippen molar-refractivity contribution in [1.82, 2.24) is 10.2 Å². The number of nitrogens with one attached hydrogen (secondary N) is 1. The van der Waals surface area contributed by atoms with Crippen molar-refractivity contribution in [3.8, 4) is 11.5 Å². The number of hydrogen-bond acceptors (Lipinski definition) is 6. The quantitative estimate of drug-likeness (QED) is 0.398. The summed E-state index contributed by atoms with van der Waals surface area (Å²) < 4.78 is 36.5. The third-order valence-electron chi connectivity index (χ3n) is 6.19. The van der Waals surface area contributed by atoms with E-state index < -0.39 is 16.1 Å². The van der Waals surface area contributed by atoms with Gasteiger partial charge in [0.25, 0.3) is 0 Å². The Kier molecular flexibility index (Phi) is 11.2. The molecule has 0 saturated carbocycles. The molecule has 9 nitrogen and oxygen atoms in total. The monoisotopic (exact) mass is 533 g/mol. The Labute approximate surface area is 220 Å². The molecule has 2 aromatic carbocycles. The van der Waals surface area contributed by atoms with Gasteiger partial charge in [-0.25, -0.2) is 8.42 Å². The number of amides is 2. The van der Waals surface area contributed by atoms with Gasteiger partial charge in [-0.15, -0.1) is 0 Å². The number of sulfonamides is 1. The number of carbonyl (C=O) groups is 2. The molecule has 37 heavy (non-hydrogen) atoms. The second-order valence-corrected chi connectivity index (χ2v) is 10.9. The van der Waals surface area contributed by atoms with Crippen LogP contribution < -0.4 is 19.1 Å². The average Bonchev–Trinajstić information content (AvgIpc) is 2.88. The molecule has 0 unspecified atom stereocenters. The van der Waals surface area contributed by atoms with Crippen molar-refractivity contribution < 1.29 is 27.5 Å². The van der Waals surface area contributed by atoms with Gasteiger partial charge in [0.1, 0.15) is 17.5 Å². The van der Waals surface area contributed by atoms with E-state index in [-0.39, 0.29) is 43.8 Å². The van der Waals surface area contributed by atoms with E-state index in [1.807, 2.05) is 26.0 Å². The minimum atomic E-state index is -3.57. The molecule has 10 heteroatoms. The summed E-state index contributed by atoms with van der Waals surface area (Å²) in [6.45, 7) is 5.97. The van der Waals surface area contributed by atoms with Crippen LogP contribution in [-0.2, 0) is 26.2 Å². The van der Waals surface area contributed by atoms with Gasteiger partial charge in [-0.2, -0.15) is 0 Å². The first-order chi connectivity index (χ1) is 17.5. The average molecular weight is 534 g/mol. The van der Waals surface area contributed by atoms with E-state index in [1.165, 1.54) is 16.3 Å². The van der Waals surface area contributed by atoms with E-state index in [1.54, 1.807) is 50.4 Å². The third kappa shape index (κ3) is 8.96. The molecule has 0 fully saturated rings. The van der Waals surface area contributed by atoms with Crippen LogP contribution >= 0.6 is 0 Å². The maximum Gasteiger partial charge on any atom is 0.242 e. The summed E-state index contributed by atoms with van der Waals surface area (Å²) >= 11 is 0. The summed E-state index contributed by atoms with van der Waals surface area (Å²) in [5.74, 6) is 0.854. The van der Waals surface area contributed by atoms with Crippen LogP contribution in [0.25, 0.3) is 0 Å². The Bertz CT molecular complexity index is 1120. The fraction of sp³-hybridized carbons (Fsp3) is 0.481. The molecule has 0 radical (unpaired) electrons. The van der Waals surface area contributed by atoms with Gasteiger partial charge in [-0.3, -0.25) is 13.9 Å². The Morgan fingerprint density at radius 2 is 1.49 bits per heavy atom. The Morgan fingerprint density at radius 1 is 0.946 bits per heavy atom. The zero-order valence-corrected chi connectivity index (χ0v) is 23.4. The van der Waals surface area contributed by atoms with Gasteiger partial charge in [0.05, 0.1) is 26.2 Å². The highest BCUT2D eigenvalue weighted by molar-refractivity contribution is 7.92. The highest BCUT2D eigenvalue weighted by Gasteiger charge is 2.27. The van der Waals surface area contributed by atoms with Crippen molar-refractivity contribution in [2.75, 3.05) is 31.3 Å². The molecule has 204 valence electrons. The molecule has 2 atom stereocenters. The van der Waals surface area contributed by atoms with Gasteiger partial charge in [-0.05, 0) is 68.7 Å². The minimum Gasteiger partial charge on any atom is -0.497 e. The largest absolute Gasteiger partial charge is 0.497 e. The molecule has 0 bridgehead atoms. The number of benzene rings is 2. The molecule has 1 N–H and O–H groups in total. The van der Waals surface area contributed by atoms with Crippen molar-refractivity contribution in [3.63, 3.8) is 0 Å². The second-order valence-electron chi connectivity index (χ2n) is 9.00. The lowest BCUT2D eigenvalue weighted by molar-refractivity contribution is -0.140. The number of carbonyl (C=O) groups excluding carboxylic acids is 2. The first kappa shape index (κ1) is 30.0. The van der Waals surface area contributed by atoms with Crippen molar-refractivity contribution in [3.05, 3.63) is 54.1 Å². The van der Waals surface area contributed by atoms with Crippen molar-refractivity contribution in [1.29, 1.82) is 0 Å². The zero-order valence-electron chi connectivity index (χ0n) is 22.6. The maximum absolute atomic E-state index is 13.4. The van der Waals surface area contributed by atoms with Crippen molar-refractivity contribution in [2.45, 2.75) is 58.7 Å². The fourth-order valence-electron chi connectivity index (χ4n) is 3.73. The molecular weight excluding hydrogens is 494 g/mol. The molecule has 2 rings (SSSR count). The van der Waals surface area contributed by atoms with Crippen LogP contribution in [-0.4, -0.2) is 64.2 Å². The molecule has 0 spiro atoms. The summed E-state index contributed by atoms with van der Waals surface area (Å²) in [6.07, 6.45) is 2.28. The SMILES string of the molecule is CC[C@@H](C)NC(=O)[C@H](C)N(Cc1ccc(OC)cc1)C(=O)CCCN(c1ccc(OC)cc1)S(C)(=O)=O. The van der Waals surface area contributed by atoms with Gasteiger partial charge in [-0.1, -0.05) is 19.1 Å². The Hall–Kier alpha value is -3.27. The Balaban J connectivity index is 2.17. The molecule has 2 aromatic rings. The lowest BCUT2D eigenvalue weighted by Crippen LogP contribution is -2.49. The van der Waals surface area contributed by atoms with Gasteiger partial charge in [0.15, 0.2) is 0 Å². The normalized spacial score (nSPS) is 12.8. The van der Waals surface area contributed by atoms with Gasteiger partial charge in [0, 0.05) is 25.6 Å². The Morgan fingerprint density at radius 3 is 1.97 bits per heavy atom. The summed E-state index contributed by atoms with van der Waals surface area (Å²) in [6, 6.07) is 13.3. The number of methoxy groups -OCH3 is 2. The molecular formula is C27H39N3O6S. The smallest absolute Gasteiger partial charge is 0.242 e. The second kappa shape index (κ2) is 13.9. The number of anilines is 1. The van der Waals surface area contributed by atoms with Gasteiger partial charge >= 0.3 is 0 Å². The van der Waals surface area contributed by atoms with Crippen LogP contribution in [0.4, 0.5) is 5.69 Å². The highest BCUT2D eigenvalue weighted by atomic mass is 32.2. The molecule has 0 aromatic heterocycles. The standard InChI is InChI=1S/C27H39N3O6S/c1-7-20(2)28-27(32)21(3)29(19-22-10-14-24(35-4)15-11-22)26(31)9-8-18-30(37(6,33)34)23-12-16-25(36-5)17-13-23/h10-17,20-21H,7-9,18-19H2,1-6H3,(H,28,32)/t20-,21+/m1/s1. The lowest BCUT2D eigenvalue weighted by atomic mass is 10.1. The van der Waals surface area contributed by atoms with E-state index >= 15 is 0 Å². The molecule has 0 saturated heterocycles. The van der Waals surface area contributed by atoms with E-state index in [0.29, 0.717) is 17.2 Å². The number of nitrogens with zero attached hydrogens (tertiary/aromatic N) is 2. The first-order valence-corrected chi connectivity index (χ1v) is 14.2. The maximum atomic E-state index is 13.4. The van der Waals surface area contributed by atoms with Crippen molar-refractivity contribution in [2.24, 2.45) is 0 Å². The summed E-state index contributed by atoms with van der Waals surface area (Å²) in [7, 11) is -0.446. The number of hydrogen-bond donors (Lipinski definition) is 1. The number of rotatable bonds is 14. The van der Waals surface area contributed by atoms with Crippen LogP contribution in [0.15, 0.2) is 48.5 Å². The van der Waals surface area contributed by atoms with Crippen LogP contribution in [0.2, 0.25) is 0 Å². The predicted molar refractivity (Wildman–Crippen MR) is 145 cm³/mol. The summed E-state index contributed by atoms with van der Waals surface area (Å²) in [5, 5.41) is 2.94. The molecule has 0 aliphatic rings. The van der Waals surface area contributed by atoms with Crippen LogP contribution in [0.5, 0.6) is 11.5 Å². The van der Waals surface area contributed by atoms with Gasteiger partial charge in [0.2, 0.25) is 21.8 Å². The lowest BCUT2D eigenvalue weighted by Gasteiger charge is -2.30. The van der Waals surface area contributed by atoms with E-state index in [9.17, 15) is 18.0 Å². The highest BCUT2D eigenvalue weighted by Crippen LogP contribution is 2.22. The minimum absolute atomic E-state index is 0.0132. The van der Waals surface area contributed by atoms with Crippen LogP contribution in [0.3, 0.4) is 0 Å². The van der Waals surface area contributed by atoms with Gasteiger partial charge < -0.3 is 19.7 Å². The first-order valence-electron chi connectivity index (χ1n) is 12.3. The van der Waals surface area contributed by atoms with E-state index in [4.69, 9.17) is 9.47 Å². The summed E-state index contributed by atoms with van der Waals surface area (Å²) in [5.41, 5.74) is 1.35. The van der Waals surface area contributed by atoms with Crippen LogP contribution in [0, 0.1) is 0 Å². The topological polar surface area (TPSA) is 105 Å². The van der Waals surface area contributed by atoms with Crippen LogP contribution in [0.1, 0.15) is 45.6 Å².